The van der Waals surface area contributed by atoms with Crippen LogP contribution in [0.4, 0.5) is 11.4 Å². The van der Waals surface area contributed by atoms with Crippen molar-refractivity contribution in [2.24, 2.45) is 0 Å². The summed E-state index contributed by atoms with van der Waals surface area (Å²) in [7, 11) is 1.67. The van der Waals surface area contributed by atoms with Gasteiger partial charge in [-0.05, 0) is 43.2 Å². The smallest absolute Gasteiger partial charge is 0.120 e. The van der Waals surface area contributed by atoms with Crippen molar-refractivity contribution in [3.8, 4) is 5.75 Å². The molecule has 0 spiro atoms. The molecule has 0 radical (unpaired) electrons. The Morgan fingerprint density at radius 2 is 1.88 bits per heavy atom. The van der Waals surface area contributed by atoms with Crippen molar-refractivity contribution >= 4 is 45.5 Å². The molecule has 6 heteroatoms. The number of hydrogen-bond acceptors (Lipinski definition) is 3. The number of hydrogen-bond donors (Lipinski definition) is 3. The topological polar surface area (TPSA) is 63.1 Å². The molecule has 3 rings (SSSR count). The molecule has 0 fully saturated rings. The van der Waals surface area contributed by atoms with Gasteiger partial charge >= 0.3 is 0 Å². The molecule has 0 amide bonds. The first-order valence-corrected chi connectivity index (χ1v) is 8.38. The highest BCUT2D eigenvalue weighted by Gasteiger charge is 2.11. The van der Waals surface area contributed by atoms with Crippen LogP contribution in [0.25, 0.3) is 10.9 Å². The SMILES string of the molecule is COc1ccc2c(CCNc3c(Cl)cc(N)cc3Cl)c(C)[nH]c2c1. The van der Waals surface area contributed by atoms with Crippen LogP contribution >= 0.6 is 23.2 Å². The van der Waals surface area contributed by atoms with Crippen LogP contribution in [0.3, 0.4) is 0 Å². The van der Waals surface area contributed by atoms with Crippen molar-refractivity contribution in [1.29, 1.82) is 0 Å². The van der Waals surface area contributed by atoms with Gasteiger partial charge in [-0.25, -0.2) is 0 Å². The second-order valence-corrected chi connectivity index (χ2v) is 6.49. The third kappa shape index (κ3) is 3.25. The van der Waals surface area contributed by atoms with Crippen molar-refractivity contribution in [2.45, 2.75) is 13.3 Å². The summed E-state index contributed by atoms with van der Waals surface area (Å²) in [5, 5.41) is 5.56. The molecule has 0 saturated carbocycles. The average Bonchev–Trinajstić information content (AvgIpc) is 2.84. The Labute approximate surface area is 150 Å². The number of rotatable bonds is 5. The number of benzene rings is 2. The van der Waals surface area contributed by atoms with Crippen LogP contribution in [-0.4, -0.2) is 18.6 Å². The Morgan fingerprint density at radius 3 is 2.54 bits per heavy atom. The Kier molecular flexibility index (Phi) is 4.78. The highest BCUT2D eigenvalue weighted by Crippen LogP contribution is 2.33. The van der Waals surface area contributed by atoms with Crippen LogP contribution < -0.4 is 15.8 Å². The third-order valence-corrected chi connectivity index (χ3v) is 4.66. The number of anilines is 2. The van der Waals surface area contributed by atoms with Gasteiger partial charge in [0.2, 0.25) is 0 Å². The first-order chi connectivity index (χ1) is 11.5. The zero-order valence-corrected chi connectivity index (χ0v) is 15.1. The van der Waals surface area contributed by atoms with Crippen molar-refractivity contribution in [1.82, 2.24) is 4.98 Å². The Bertz CT molecular complexity index is 866. The summed E-state index contributed by atoms with van der Waals surface area (Å²) in [6, 6.07) is 9.45. The van der Waals surface area contributed by atoms with E-state index in [4.69, 9.17) is 33.7 Å². The molecule has 0 unspecified atom stereocenters. The summed E-state index contributed by atoms with van der Waals surface area (Å²) in [6.07, 6.45) is 0.842. The number of nitrogen functional groups attached to an aromatic ring is 1. The molecular weight excluding hydrogens is 345 g/mol. The lowest BCUT2D eigenvalue weighted by Gasteiger charge is -2.11. The van der Waals surface area contributed by atoms with Crippen LogP contribution in [0.15, 0.2) is 30.3 Å². The number of aromatic nitrogens is 1. The van der Waals surface area contributed by atoms with Gasteiger partial charge in [-0.3, -0.25) is 0 Å². The molecule has 2 aromatic carbocycles. The standard InChI is InChI=1S/C18H19Cl2N3O/c1-10-13(14-4-3-12(24-2)9-17(14)23-10)5-6-22-18-15(19)7-11(21)8-16(18)20/h3-4,7-9,22-23H,5-6,21H2,1-2H3. The maximum atomic E-state index is 6.21. The summed E-state index contributed by atoms with van der Waals surface area (Å²) in [5.41, 5.74) is 10.5. The molecule has 4 nitrogen and oxygen atoms in total. The Hall–Kier alpha value is -2.04. The van der Waals surface area contributed by atoms with Gasteiger partial charge in [0, 0.05) is 34.9 Å². The monoisotopic (exact) mass is 363 g/mol. The molecule has 0 atom stereocenters. The first kappa shape index (κ1) is 16.8. The maximum Gasteiger partial charge on any atom is 0.120 e. The minimum Gasteiger partial charge on any atom is -0.497 e. The fourth-order valence-corrected chi connectivity index (χ4v) is 3.53. The molecule has 24 heavy (non-hydrogen) atoms. The van der Waals surface area contributed by atoms with Gasteiger partial charge in [-0.15, -0.1) is 0 Å². The van der Waals surface area contributed by atoms with Crippen molar-refractivity contribution in [2.75, 3.05) is 24.7 Å². The zero-order chi connectivity index (χ0) is 17.3. The van der Waals surface area contributed by atoms with E-state index in [9.17, 15) is 0 Å². The minimum atomic E-state index is 0.528. The van der Waals surface area contributed by atoms with Gasteiger partial charge in [-0.2, -0.15) is 0 Å². The number of nitrogens with one attached hydrogen (secondary N) is 2. The van der Waals surface area contributed by atoms with E-state index in [1.807, 2.05) is 12.1 Å². The van der Waals surface area contributed by atoms with Gasteiger partial charge in [-0.1, -0.05) is 23.2 Å². The van der Waals surface area contributed by atoms with E-state index in [1.54, 1.807) is 19.2 Å². The van der Waals surface area contributed by atoms with Gasteiger partial charge in [0.1, 0.15) is 5.75 Å². The van der Waals surface area contributed by atoms with Gasteiger partial charge in [0.05, 0.1) is 22.8 Å². The Balaban J connectivity index is 1.78. The molecule has 0 aliphatic heterocycles. The van der Waals surface area contributed by atoms with E-state index in [-0.39, 0.29) is 0 Å². The average molecular weight is 364 g/mol. The Morgan fingerprint density at radius 1 is 1.17 bits per heavy atom. The van der Waals surface area contributed by atoms with E-state index in [0.717, 1.165) is 23.4 Å². The molecule has 1 heterocycles. The van der Waals surface area contributed by atoms with Gasteiger partial charge < -0.3 is 20.8 Å². The number of fused-ring (bicyclic) bond motifs is 1. The number of aryl methyl sites for hydroxylation is 1. The molecule has 0 aliphatic carbocycles. The van der Waals surface area contributed by atoms with Crippen LogP contribution in [-0.2, 0) is 6.42 Å². The molecule has 4 N–H and O–H groups in total. The molecule has 0 aliphatic rings. The van der Waals surface area contributed by atoms with E-state index in [2.05, 4.69) is 23.3 Å². The third-order valence-electron chi connectivity index (χ3n) is 4.07. The molecule has 0 bridgehead atoms. The summed E-state index contributed by atoms with van der Waals surface area (Å²) in [6.45, 7) is 2.79. The fraction of sp³-hybridized carbons (Fsp3) is 0.222. The van der Waals surface area contributed by atoms with Crippen molar-refractivity contribution in [3.05, 3.63) is 51.6 Å². The first-order valence-electron chi connectivity index (χ1n) is 7.63. The van der Waals surface area contributed by atoms with Crippen LogP contribution in [0.5, 0.6) is 5.75 Å². The van der Waals surface area contributed by atoms with Gasteiger partial charge in [0.15, 0.2) is 0 Å². The van der Waals surface area contributed by atoms with Crippen molar-refractivity contribution < 1.29 is 4.74 Å². The minimum absolute atomic E-state index is 0.528. The molecule has 3 aromatic rings. The number of aromatic amines is 1. The predicted molar refractivity (Wildman–Crippen MR) is 103 cm³/mol. The second-order valence-electron chi connectivity index (χ2n) is 5.68. The predicted octanol–water partition coefficient (Wildman–Crippen LogP) is 5.03. The van der Waals surface area contributed by atoms with Crippen LogP contribution in [0, 0.1) is 6.92 Å². The fourth-order valence-electron chi connectivity index (χ4n) is 2.89. The summed E-state index contributed by atoms with van der Waals surface area (Å²) in [4.78, 5) is 3.40. The molecule has 0 saturated heterocycles. The highest BCUT2D eigenvalue weighted by atomic mass is 35.5. The van der Waals surface area contributed by atoms with E-state index >= 15 is 0 Å². The lowest BCUT2D eigenvalue weighted by molar-refractivity contribution is 0.415. The van der Waals surface area contributed by atoms with E-state index in [0.29, 0.717) is 28.0 Å². The molecule has 126 valence electrons. The van der Waals surface area contributed by atoms with E-state index < -0.39 is 0 Å². The van der Waals surface area contributed by atoms with Crippen molar-refractivity contribution in [3.63, 3.8) is 0 Å². The van der Waals surface area contributed by atoms with Crippen LogP contribution in [0.1, 0.15) is 11.3 Å². The maximum absolute atomic E-state index is 6.21. The largest absolute Gasteiger partial charge is 0.497 e. The molecular formula is C18H19Cl2N3O. The number of methoxy groups -OCH3 is 1. The summed E-state index contributed by atoms with van der Waals surface area (Å²) in [5.74, 6) is 0.842. The zero-order valence-electron chi connectivity index (χ0n) is 13.5. The van der Waals surface area contributed by atoms with E-state index in [1.165, 1.54) is 10.9 Å². The lowest BCUT2D eigenvalue weighted by atomic mass is 10.1. The summed E-state index contributed by atoms with van der Waals surface area (Å²) >= 11 is 12.4. The highest BCUT2D eigenvalue weighted by molar-refractivity contribution is 6.39. The van der Waals surface area contributed by atoms with Crippen LogP contribution in [0.2, 0.25) is 10.0 Å². The quantitative estimate of drug-likeness (QED) is 0.557. The second kappa shape index (κ2) is 6.83. The number of H-pyrrole nitrogens is 1. The lowest BCUT2D eigenvalue weighted by Crippen LogP contribution is -2.06. The number of ether oxygens (including phenoxy) is 1. The number of nitrogens with two attached hydrogens (primary N) is 1. The van der Waals surface area contributed by atoms with Gasteiger partial charge in [0.25, 0.3) is 0 Å². The normalized spacial score (nSPS) is 11.0. The molecule has 1 aromatic heterocycles. The number of halogens is 2. The summed E-state index contributed by atoms with van der Waals surface area (Å²) < 4.78 is 5.27.